The number of nitrogens with zero attached hydrogens (tertiary/aromatic N) is 2. The molecular weight excluding hydrogens is 211 g/mol. The standard InChI is InChI=1S/C10H17FN4O/c1-4-12-9-13-5-7(11)8(14-9)15-10(2,3)6-16/h5,16H,4,6H2,1-3H3,(H2,12,13,14,15). The van der Waals surface area contributed by atoms with Crippen LogP contribution in [-0.2, 0) is 0 Å². The first kappa shape index (κ1) is 12.6. The van der Waals surface area contributed by atoms with E-state index in [1.54, 1.807) is 13.8 Å². The molecule has 0 saturated carbocycles. The molecule has 1 aromatic rings. The number of hydrogen-bond donors (Lipinski definition) is 3. The molecule has 0 amide bonds. The highest BCUT2D eigenvalue weighted by molar-refractivity contribution is 5.42. The Labute approximate surface area is 94.1 Å². The number of aromatic nitrogens is 2. The Hall–Kier alpha value is -1.43. The second-order valence-corrected chi connectivity index (χ2v) is 4.09. The second-order valence-electron chi connectivity index (χ2n) is 4.09. The Morgan fingerprint density at radius 1 is 1.50 bits per heavy atom. The normalized spacial score (nSPS) is 11.3. The van der Waals surface area contributed by atoms with E-state index in [1.165, 1.54) is 0 Å². The third kappa shape index (κ3) is 3.30. The number of rotatable bonds is 5. The zero-order valence-corrected chi connectivity index (χ0v) is 9.71. The summed E-state index contributed by atoms with van der Waals surface area (Å²) in [5.41, 5.74) is -0.626. The third-order valence-corrected chi connectivity index (χ3v) is 1.93. The first-order chi connectivity index (χ1) is 7.48. The summed E-state index contributed by atoms with van der Waals surface area (Å²) >= 11 is 0. The van der Waals surface area contributed by atoms with E-state index in [1.807, 2.05) is 6.92 Å². The number of nitrogens with one attached hydrogen (secondary N) is 2. The van der Waals surface area contributed by atoms with Crippen molar-refractivity contribution in [3.63, 3.8) is 0 Å². The fourth-order valence-corrected chi connectivity index (χ4v) is 1.06. The van der Waals surface area contributed by atoms with E-state index in [-0.39, 0.29) is 12.4 Å². The van der Waals surface area contributed by atoms with E-state index in [4.69, 9.17) is 5.11 Å². The van der Waals surface area contributed by atoms with Crippen molar-refractivity contribution < 1.29 is 9.50 Å². The van der Waals surface area contributed by atoms with Crippen molar-refractivity contribution in [2.75, 3.05) is 23.8 Å². The average Bonchev–Trinajstić information content (AvgIpc) is 2.23. The van der Waals surface area contributed by atoms with Gasteiger partial charge in [0.05, 0.1) is 18.3 Å². The maximum Gasteiger partial charge on any atom is 0.224 e. The molecule has 1 aromatic heterocycles. The number of hydrogen-bond acceptors (Lipinski definition) is 5. The van der Waals surface area contributed by atoms with Gasteiger partial charge in [-0.05, 0) is 20.8 Å². The molecule has 3 N–H and O–H groups in total. The highest BCUT2D eigenvalue weighted by Gasteiger charge is 2.19. The van der Waals surface area contributed by atoms with Crippen LogP contribution < -0.4 is 10.6 Å². The van der Waals surface area contributed by atoms with Crippen LogP contribution in [0, 0.1) is 5.82 Å². The Morgan fingerprint density at radius 3 is 2.75 bits per heavy atom. The van der Waals surface area contributed by atoms with E-state index in [9.17, 15) is 4.39 Å². The topological polar surface area (TPSA) is 70.1 Å². The van der Waals surface area contributed by atoms with E-state index >= 15 is 0 Å². The maximum atomic E-state index is 13.4. The van der Waals surface area contributed by atoms with Crippen LogP contribution in [0.2, 0.25) is 0 Å². The van der Waals surface area contributed by atoms with Crippen molar-refractivity contribution in [1.82, 2.24) is 9.97 Å². The van der Waals surface area contributed by atoms with E-state index < -0.39 is 11.4 Å². The molecule has 1 heterocycles. The minimum Gasteiger partial charge on any atom is -0.394 e. The van der Waals surface area contributed by atoms with Gasteiger partial charge in [-0.2, -0.15) is 4.98 Å². The average molecular weight is 228 g/mol. The summed E-state index contributed by atoms with van der Waals surface area (Å²) in [4.78, 5) is 7.76. The molecule has 0 atom stereocenters. The van der Waals surface area contributed by atoms with Crippen molar-refractivity contribution in [1.29, 1.82) is 0 Å². The first-order valence-corrected chi connectivity index (χ1v) is 5.14. The Balaban J connectivity index is 2.89. The van der Waals surface area contributed by atoms with Gasteiger partial charge < -0.3 is 15.7 Å². The smallest absolute Gasteiger partial charge is 0.224 e. The molecule has 0 radical (unpaired) electrons. The minimum atomic E-state index is -0.626. The number of anilines is 2. The molecule has 90 valence electrons. The monoisotopic (exact) mass is 228 g/mol. The molecule has 0 fully saturated rings. The molecule has 0 aliphatic rings. The zero-order chi connectivity index (χ0) is 12.2. The van der Waals surface area contributed by atoms with Gasteiger partial charge >= 0.3 is 0 Å². The lowest BCUT2D eigenvalue weighted by Crippen LogP contribution is -2.35. The Kier molecular flexibility index (Phi) is 4.00. The molecule has 0 unspecified atom stereocenters. The molecule has 1 rings (SSSR count). The van der Waals surface area contributed by atoms with Crippen LogP contribution in [0.4, 0.5) is 16.2 Å². The SMILES string of the molecule is CCNc1ncc(F)c(NC(C)(C)CO)n1. The lowest BCUT2D eigenvalue weighted by Gasteiger charge is -2.24. The Morgan fingerprint density at radius 2 is 2.19 bits per heavy atom. The van der Waals surface area contributed by atoms with Gasteiger partial charge in [-0.25, -0.2) is 9.37 Å². The van der Waals surface area contributed by atoms with Crippen molar-refractivity contribution in [3.8, 4) is 0 Å². The van der Waals surface area contributed by atoms with Crippen molar-refractivity contribution >= 4 is 11.8 Å². The lowest BCUT2D eigenvalue weighted by molar-refractivity contribution is 0.233. The van der Waals surface area contributed by atoms with Crippen LogP contribution in [0.15, 0.2) is 6.20 Å². The van der Waals surface area contributed by atoms with E-state index in [0.717, 1.165) is 6.20 Å². The number of halogens is 1. The van der Waals surface area contributed by atoms with Gasteiger partial charge in [0.1, 0.15) is 0 Å². The largest absolute Gasteiger partial charge is 0.394 e. The number of aliphatic hydroxyl groups excluding tert-OH is 1. The maximum absolute atomic E-state index is 13.4. The highest BCUT2D eigenvalue weighted by Crippen LogP contribution is 2.16. The molecule has 6 heteroatoms. The summed E-state index contributed by atoms with van der Waals surface area (Å²) in [5, 5.41) is 14.8. The minimum absolute atomic E-state index is 0.0880. The van der Waals surface area contributed by atoms with Crippen LogP contribution in [0.3, 0.4) is 0 Å². The lowest BCUT2D eigenvalue weighted by atomic mass is 10.1. The summed E-state index contributed by atoms with van der Waals surface area (Å²) in [5.74, 6) is -0.0895. The molecule has 16 heavy (non-hydrogen) atoms. The van der Waals surface area contributed by atoms with Gasteiger partial charge in [-0.1, -0.05) is 0 Å². The Bertz CT molecular complexity index is 357. The predicted octanol–water partition coefficient (Wildman–Crippen LogP) is 1.23. The molecular formula is C10H17FN4O. The van der Waals surface area contributed by atoms with Gasteiger partial charge in [0, 0.05) is 6.54 Å². The summed E-state index contributed by atoms with van der Waals surface area (Å²) < 4.78 is 13.4. The summed E-state index contributed by atoms with van der Waals surface area (Å²) in [7, 11) is 0. The number of aliphatic hydroxyl groups is 1. The molecule has 0 spiro atoms. The fourth-order valence-electron chi connectivity index (χ4n) is 1.06. The van der Waals surface area contributed by atoms with Crippen molar-refractivity contribution in [2.24, 2.45) is 0 Å². The zero-order valence-electron chi connectivity index (χ0n) is 9.71. The van der Waals surface area contributed by atoms with Gasteiger partial charge in [0.25, 0.3) is 0 Å². The van der Waals surface area contributed by atoms with E-state index in [2.05, 4.69) is 20.6 Å². The highest BCUT2D eigenvalue weighted by atomic mass is 19.1. The van der Waals surface area contributed by atoms with Crippen LogP contribution >= 0.6 is 0 Å². The summed E-state index contributed by atoms with van der Waals surface area (Å²) in [6.45, 7) is 5.95. The first-order valence-electron chi connectivity index (χ1n) is 5.14. The fraction of sp³-hybridized carbons (Fsp3) is 0.600. The van der Waals surface area contributed by atoms with E-state index in [0.29, 0.717) is 12.5 Å². The van der Waals surface area contributed by atoms with Crippen LogP contribution in [0.25, 0.3) is 0 Å². The van der Waals surface area contributed by atoms with Gasteiger partial charge in [-0.15, -0.1) is 0 Å². The quantitative estimate of drug-likeness (QED) is 0.707. The van der Waals surface area contributed by atoms with Gasteiger partial charge in [0.2, 0.25) is 5.95 Å². The van der Waals surface area contributed by atoms with Gasteiger partial charge in [-0.3, -0.25) is 0 Å². The van der Waals surface area contributed by atoms with Crippen LogP contribution in [0.5, 0.6) is 0 Å². The van der Waals surface area contributed by atoms with Crippen molar-refractivity contribution in [3.05, 3.63) is 12.0 Å². The van der Waals surface area contributed by atoms with Crippen LogP contribution in [-0.4, -0.2) is 33.8 Å². The molecule has 5 nitrogen and oxygen atoms in total. The molecule has 0 aromatic carbocycles. The second kappa shape index (κ2) is 5.07. The van der Waals surface area contributed by atoms with Crippen LogP contribution in [0.1, 0.15) is 20.8 Å². The van der Waals surface area contributed by atoms with Crippen molar-refractivity contribution in [2.45, 2.75) is 26.3 Å². The summed E-state index contributed by atoms with van der Waals surface area (Å²) in [6, 6.07) is 0. The van der Waals surface area contributed by atoms with Gasteiger partial charge in [0.15, 0.2) is 11.6 Å². The third-order valence-electron chi connectivity index (χ3n) is 1.93. The molecule has 0 saturated heterocycles. The predicted molar refractivity (Wildman–Crippen MR) is 60.9 cm³/mol. The molecule has 0 bridgehead atoms. The molecule has 0 aliphatic carbocycles. The summed E-state index contributed by atoms with van der Waals surface area (Å²) in [6.07, 6.45) is 1.10. The molecule has 0 aliphatic heterocycles.